The van der Waals surface area contributed by atoms with E-state index in [0.29, 0.717) is 11.2 Å². The average molecular weight is 637 g/mol. The number of nitrogens with zero attached hydrogens (tertiary/aromatic N) is 4. The highest BCUT2D eigenvalue weighted by atomic mass is 35.5. The summed E-state index contributed by atoms with van der Waals surface area (Å²) >= 11 is 0. The molecule has 2 aliphatic heterocycles. The van der Waals surface area contributed by atoms with E-state index in [-0.39, 0.29) is 43.1 Å². The quantitative estimate of drug-likeness (QED) is 0.316. The minimum absolute atomic E-state index is 0. The van der Waals surface area contributed by atoms with Gasteiger partial charge in [0.15, 0.2) is 11.6 Å². The van der Waals surface area contributed by atoms with Crippen LogP contribution in [-0.2, 0) is 10.2 Å². The van der Waals surface area contributed by atoms with Gasteiger partial charge in [0.1, 0.15) is 18.2 Å². The molecule has 0 amide bonds. The van der Waals surface area contributed by atoms with Crippen LogP contribution in [0.5, 0.6) is 11.5 Å². The Morgan fingerprint density at radius 1 is 0.977 bits per heavy atom. The van der Waals surface area contributed by atoms with Crippen LogP contribution in [0.25, 0.3) is 16.6 Å². The molecule has 15 heteroatoms. The lowest BCUT2D eigenvalue weighted by Gasteiger charge is -2.29. The Balaban J connectivity index is 0.00000368. The molecule has 2 fully saturated rings. The Labute approximate surface area is 251 Å². The van der Waals surface area contributed by atoms with Crippen LogP contribution in [0.15, 0.2) is 65.7 Å². The van der Waals surface area contributed by atoms with Gasteiger partial charge in [0.25, 0.3) is 5.56 Å². The van der Waals surface area contributed by atoms with Gasteiger partial charge in [-0.25, -0.2) is 18.2 Å². The van der Waals surface area contributed by atoms with E-state index in [1.807, 2.05) is 29.0 Å². The molecular weight excluding hydrogens is 609 g/mol. The lowest BCUT2D eigenvalue weighted by Crippen LogP contribution is -2.43. The normalized spacial score (nSPS) is 17.6. The highest BCUT2D eigenvalue weighted by Crippen LogP contribution is 2.34. The molecular formula is C28H28ClF3N6O4S. The third-order valence-corrected chi connectivity index (χ3v) is 8.77. The van der Waals surface area contributed by atoms with Crippen LogP contribution in [0.3, 0.4) is 0 Å². The first kappa shape index (κ1) is 30.6. The number of halogens is 4. The summed E-state index contributed by atoms with van der Waals surface area (Å²) in [5.74, 6) is -3.32. The molecule has 2 N–H and O–H groups in total. The van der Waals surface area contributed by atoms with E-state index < -0.39 is 45.0 Å². The first-order valence-electron chi connectivity index (χ1n) is 13.3. The molecule has 43 heavy (non-hydrogen) atoms. The highest BCUT2D eigenvalue weighted by molar-refractivity contribution is 7.90. The van der Waals surface area contributed by atoms with Crippen LogP contribution in [0.1, 0.15) is 6.42 Å². The number of aromatic nitrogens is 2. The maximum atomic E-state index is 15.3. The smallest absolute Gasteiger partial charge is 0.301 e. The summed E-state index contributed by atoms with van der Waals surface area (Å²) in [6, 6.07) is 13.5. The lowest BCUT2D eigenvalue weighted by atomic mass is 10.2. The summed E-state index contributed by atoms with van der Waals surface area (Å²) < 4.78 is 78.4. The molecule has 0 unspecified atom stereocenters. The standard InChI is InChI=1S/C28H27F3N6O4S.ClH/c29-18-9-12-36(16-18)42(39,40)34-25-8-6-23(30)27(26(25)31)41-21-5-7-24-22(15-21)28(38)37(17-33-24)20-3-1-19(2-4-20)35-13-10-32-11-14-35;/h1-8,15,17-18,32,34H,9-14,16H2;1H/t18-;/m1./s1. The molecule has 228 valence electrons. The number of piperazine rings is 1. The Morgan fingerprint density at radius 2 is 1.70 bits per heavy atom. The fraction of sp³-hybridized carbons (Fsp3) is 0.286. The van der Waals surface area contributed by atoms with Gasteiger partial charge >= 0.3 is 10.2 Å². The fourth-order valence-corrected chi connectivity index (χ4v) is 6.30. The van der Waals surface area contributed by atoms with Gasteiger partial charge in [0, 0.05) is 45.0 Å². The Morgan fingerprint density at radius 3 is 2.40 bits per heavy atom. The van der Waals surface area contributed by atoms with E-state index in [0.717, 1.165) is 48.3 Å². The number of anilines is 2. The largest absolute Gasteiger partial charge is 0.451 e. The number of benzene rings is 3. The third-order valence-electron chi connectivity index (χ3n) is 7.28. The van der Waals surface area contributed by atoms with Gasteiger partial charge in [-0.1, -0.05) is 0 Å². The second-order valence-corrected chi connectivity index (χ2v) is 11.7. The SMILES string of the molecule is Cl.O=c1c2cc(Oc3c(F)ccc(NS(=O)(=O)N4CC[C@@H](F)C4)c3F)ccc2ncn1-c1ccc(N2CCNCC2)cc1. The van der Waals surface area contributed by atoms with Gasteiger partial charge in [-0.2, -0.15) is 12.7 Å². The molecule has 4 aromatic rings. The van der Waals surface area contributed by atoms with E-state index in [1.165, 1.54) is 29.1 Å². The Bertz CT molecular complexity index is 1800. The number of rotatable bonds is 7. The van der Waals surface area contributed by atoms with Crippen LogP contribution in [-0.4, -0.2) is 67.7 Å². The van der Waals surface area contributed by atoms with Crippen LogP contribution in [0.4, 0.5) is 24.5 Å². The molecule has 3 aromatic carbocycles. The van der Waals surface area contributed by atoms with Gasteiger partial charge in [-0.3, -0.25) is 14.1 Å². The summed E-state index contributed by atoms with van der Waals surface area (Å²) in [5.41, 5.74) is 0.995. The van der Waals surface area contributed by atoms with Gasteiger partial charge in [-0.15, -0.1) is 12.4 Å². The second kappa shape index (κ2) is 12.4. The molecule has 2 saturated heterocycles. The minimum Gasteiger partial charge on any atom is -0.451 e. The van der Waals surface area contributed by atoms with Crippen molar-refractivity contribution in [2.75, 3.05) is 48.9 Å². The van der Waals surface area contributed by atoms with Crippen LogP contribution in [0.2, 0.25) is 0 Å². The van der Waals surface area contributed by atoms with Crippen molar-refractivity contribution in [1.82, 2.24) is 19.2 Å². The van der Waals surface area contributed by atoms with Crippen LogP contribution >= 0.6 is 12.4 Å². The summed E-state index contributed by atoms with van der Waals surface area (Å²) in [4.78, 5) is 20.0. The molecule has 0 spiro atoms. The zero-order valence-electron chi connectivity index (χ0n) is 22.7. The molecule has 0 saturated carbocycles. The predicted molar refractivity (Wildman–Crippen MR) is 160 cm³/mol. The fourth-order valence-electron chi connectivity index (χ4n) is 5.03. The summed E-state index contributed by atoms with van der Waals surface area (Å²) in [5, 5.41) is 3.45. The molecule has 0 aliphatic carbocycles. The highest BCUT2D eigenvalue weighted by Gasteiger charge is 2.32. The molecule has 0 radical (unpaired) electrons. The molecule has 2 aliphatic rings. The Hall–Kier alpha value is -3.85. The van der Waals surface area contributed by atoms with Crippen molar-refractivity contribution < 1.29 is 26.3 Å². The maximum Gasteiger partial charge on any atom is 0.301 e. The van der Waals surface area contributed by atoms with Crippen molar-refractivity contribution in [2.24, 2.45) is 0 Å². The predicted octanol–water partition coefficient (Wildman–Crippen LogP) is 3.99. The van der Waals surface area contributed by atoms with Crippen molar-refractivity contribution in [3.05, 3.63) is 82.9 Å². The first-order valence-corrected chi connectivity index (χ1v) is 14.8. The first-order chi connectivity index (χ1) is 20.2. The number of fused-ring (bicyclic) bond motifs is 1. The van der Waals surface area contributed by atoms with Crippen molar-refractivity contribution in [2.45, 2.75) is 12.6 Å². The van der Waals surface area contributed by atoms with Crippen LogP contribution < -0.4 is 25.2 Å². The minimum atomic E-state index is -4.28. The molecule has 1 atom stereocenters. The van der Waals surface area contributed by atoms with Gasteiger partial charge in [0.05, 0.1) is 22.3 Å². The molecule has 6 rings (SSSR count). The number of ether oxygens (including phenoxy) is 1. The van der Waals surface area contributed by atoms with E-state index >= 15 is 4.39 Å². The van der Waals surface area contributed by atoms with Gasteiger partial charge < -0.3 is 15.0 Å². The van der Waals surface area contributed by atoms with Gasteiger partial charge in [-0.05, 0) is 61.0 Å². The third kappa shape index (κ3) is 6.27. The van der Waals surface area contributed by atoms with Crippen molar-refractivity contribution in [3.8, 4) is 17.2 Å². The van der Waals surface area contributed by atoms with Gasteiger partial charge in [0.2, 0.25) is 5.75 Å². The number of hydrogen-bond acceptors (Lipinski definition) is 7. The lowest BCUT2D eigenvalue weighted by molar-refractivity contribution is 0.343. The number of hydrogen-bond donors (Lipinski definition) is 2. The van der Waals surface area contributed by atoms with Crippen LogP contribution in [0, 0.1) is 11.6 Å². The van der Waals surface area contributed by atoms with E-state index in [9.17, 15) is 22.0 Å². The second-order valence-electron chi connectivity index (χ2n) is 10.0. The molecule has 1 aromatic heterocycles. The molecule has 10 nitrogen and oxygen atoms in total. The number of nitrogens with one attached hydrogen (secondary N) is 2. The number of alkyl halides is 1. The van der Waals surface area contributed by atoms with Crippen molar-refractivity contribution in [1.29, 1.82) is 0 Å². The summed E-state index contributed by atoms with van der Waals surface area (Å²) in [7, 11) is -4.28. The van der Waals surface area contributed by atoms with E-state index in [2.05, 4.69) is 15.2 Å². The molecule has 0 bridgehead atoms. The van der Waals surface area contributed by atoms with Crippen molar-refractivity contribution in [3.63, 3.8) is 0 Å². The topological polar surface area (TPSA) is 109 Å². The van der Waals surface area contributed by atoms with E-state index in [4.69, 9.17) is 4.74 Å². The summed E-state index contributed by atoms with van der Waals surface area (Å²) in [6.45, 7) is 3.14. The Kier molecular flexibility index (Phi) is 8.83. The zero-order valence-corrected chi connectivity index (χ0v) is 24.3. The monoisotopic (exact) mass is 636 g/mol. The average Bonchev–Trinajstić information content (AvgIpc) is 3.45. The van der Waals surface area contributed by atoms with Crippen molar-refractivity contribution >= 4 is 44.9 Å². The van der Waals surface area contributed by atoms with E-state index in [1.54, 1.807) is 0 Å². The maximum absolute atomic E-state index is 15.3. The summed E-state index contributed by atoms with van der Waals surface area (Å²) in [6.07, 6.45) is 0.120. The zero-order chi connectivity index (χ0) is 29.4. The molecule has 3 heterocycles.